The third-order valence-corrected chi connectivity index (χ3v) is 5.62. The number of nitrogens with zero attached hydrogens (tertiary/aromatic N) is 3. The fourth-order valence-corrected chi connectivity index (χ4v) is 3.95. The number of hydrogen-bond acceptors (Lipinski definition) is 4. The maximum Gasteiger partial charge on any atom is 0.191 e. The summed E-state index contributed by atoms with van der Waals surface area (Å²) in [6, 6.07) is 4.30. The van der Waals surface area contributed by atoms with Gasteiger partial charge in [0.2, 0.25) is 0 Å². The Labute approximate surface area is 181 Å². The number of nitrogens with one attached hydrogen (secondary N) is 2. The molecule has 0 spiro atoms. The van der Waals surface area contributed by atoms with Crippen molar-refractivity contribution in [2.24, 2.45) is 10.9 Å². The van der Waals surface area contributed by atoms with Crippen LogP contribution >= 0.6 is 24.0 Å². The van der Waals surface area contributed by atoms with E-state index < -0.39 is 0 Å². The van der Waals surface area contributed by atoms with Gasteiger partial charge in [-0.15, -0.1) is 24.0 Å². The van der Waals surface area contributed by atoms with Crippen LogP contribution in [-0.2, 0) is 0 Å². The monoisotopic (exact) mass is 489 g/mol. The van der Waals surface area contributed by atoms with Gasteiger partial charge in [0.15, 0.2) is 5.96 Å². The SMILES string of the molecule is CCNC(=NCC(c1ccco1)N1CCCC1)NCC1CCN(C)CC1.I. The quantitative estimate of drug-likeness (QED) is 0.351. The summed E-state index contributed by atoms with van der Waals surface area (Å²) in [6.45, 7) is 9.43. The average molecular weight is 489 g/mol. The first kappa shape index (κ1) is 22.5. The van der Waals surface area contributed by atoms with E-state index in [0.717, 1.165) is 50.4 Å². The van der Waals surface area contributed by atoms with Gasteiger partial charge in [-0.3, -0.25) is 9.89 Å². The van der Waals surface area contributed by atoms with Crippen molar-refractivity contribution >= 4 is 29.9 Å². The molecule has 3 heterocycles. The molecule has 0 aromatic carbocycles. The van der Waals surface area contributed by atoms with Crippen LogP contribution in [0.1, 0.15) is 44.4 Å². The summed E-state index contributed by atoms with van der Waals surface area (Å²) in [7, 11) is 2.21. The van der Waals surface area contributed by atoms with Crippen molar-refractivity contribution in [1.82, 2.24) is 20.4 Å². The third kappa shape index (κ3) is 6.94. The second-order valence-corrected chi connectivity index (χ2v) is 7.62. The van der Waals surface area contributed by atoms with Gasteiger partial charge in [0.1, 0.15) is 5.76 Å². The minimum atomic E-state index is 0. The predicted octanol–water partition coefficient (Wildman–Crippen LogP) is 2.93. The maximum atomic E-state index is 5.71. The largest absolute Gasteiger partial charge is 0.468 e. The molecule has 154 valence electrons. The molecule has 2 aliphatic heterocycles. The van der Waals surface area contributed by atoms with Gasteiger partial charge in [-0.2, -0.15) is 0 Å². The number of aliphatic imine (C=N–C) groups is 1. The van der Waals surface area contributed by atoms with E-state index in [9.17, 15) is 0 Å². The molecule has 2 aliphatic rings. The average Bonchev–Trinajstić information content (AvgIpc) is 3.35. The van der Waals surface area contributed by atoms with Gasteiger partial charge in [0.25, 0.3) is 0 Å². The third-order valence-electron chi connectivity index (χ3n) is 5.62. The van der Waals surface area contributed by atoms with Crippen LogP contribution in [-0.4, -0.2) is 68.6 Å². The molecule has 0 amide bonds. The Morgan fingerprint density at radius 1 is 1.22 bits per heavy atom. The number of rotatable bonds is 7. The topological polar surface area (TPSA) is 56.0 Å². The molecule has 1 aromatic heterocycles. The van der Waals surface area contributed by atoms with Crippen molar-refractivity contribution < 1.29 is 4.42 Å². The molecular weight excluding hydrogens is 453 g/mol. The lowest BCUT2D eigenvalue weighted by Gasteiger charge is -2.29. The molecule has 6 nitrogen and oxygen atoms in total. The molecule has 0 aliphatic carbocycles. The second-order valence-electron chi connectivity index (χ2n) is 7.62. The van der Waals surface area contributed by atoms with Gasteiger partial charge >= 0.3 is 0 Å². The number of guanidine groups is 1. The molecule has 0 radical (unpaired) electrons. The highest BCUT2D eigenvalue weighted by Gasteiger charge is 2.25. The molecule has 2 N–H and O–H groups in total. The van der Waals surface area contributed by atoms with E-state index in [4.69, 9.17) is 9.41 Å². The van der Waals surface area contributed by atoms with E-state index in [2.05, 4.69) is 40.5 Å². The Morgan fingerprint density at radius 2 is 1.96 bits per heavy atom. The van der Waals surface area contributed by atoms with Crippen molar-refractivity contribution in [2.45, 2.75) is 38.6 Å². The zero-order valence-corrected chi connectivity index (χ0v) is 19.2. The van der Waals surface area contributed by atoms with Crippen molar-refractivity contribution in [3.63, 3.8) is 0 Å². The Bertz CT molecular complexity index is 537. The highest BCUT2D eigenvalue weighted by Crippen LogP contribution is 2.25. The molecule has 3 rings (SSSR count). The van der Waals surface area contributed by atoms with E-state index >= 15 is 0 Å². The summed E-state index contributed by atoms with van der Waals surface area (Å²) in [5.74, 6) is 2.71. The smallest absolute Gasteiger partial charge is 0.191 e. The number of hydrogen-bond donors (Lipinski definition) is 2. The molecule has 1 unspecified atom stereocenters. The Kier molecular flexibility index (Phi) is 9.92. The summed E-state index contributed by atoms with van der Waals surface area (Å²) in [6.07, 6.45) is 6.85. The molecule has 2 saturated heterocycles. The summed E-state index contributed by atoms with van der Waals surface area (Å²) >= 11 is 0. The van der Waals surface area contributed by atoms with Gasteiger partial charge in [0.05, 0.1) is 18.8 Å². The van der Waals surface area contributed by atoms with Gasteiger partial charge in [-0.1, -0.05) is 0 Å². The van der Waals surface area contributed by atoms with E-state index in [-0.39, 0.29) is 30.0 Å². The van der Waals surface area contributed by atoms with Gasteiger partial charge in [-0.05, 0) is 83.9 Å². The van der Waals surface area contributed by atoms with Gasteiger partial charge < -0.3 is 20.0 Å². The van der Waals surface area contributed by atoms with Gasteiger partial charge in [-0.25, -0.2) is 0 Å². The summed E-state index contributed by atoms with van der Waals surface area (Å²) < 4.78 is 5.71. The highest BCUT2D eigenvalue weighted by atomic mass is 127. The maximum absolute atomic E-state index is 5.71. The minimum Gasteiger partial charge on any atom is -0.468 e. The Morgan fingerprint density at radius 3 is 2.59 bits per heavy atom. The standard InChI is InChI=1S/C20H35N5O.HI/c1-3-21-20(22-15-17-8-12-24(2)13-9-17)23-16-18(19-7-6-14-26-19)25-10-4-5-11-25;/h6-7,14,17-18H,3-5,8-13,15-16H2,1-2H3,(H2,21,22,23);1H. The lowest BCUT2D eigenvalue weighted by atomic mass is 9.97. The first-order valence-electron chi connectivity index (χ1n) is 10.2. The molecule has 7 heteroatoms. The molecule has 2 fully saturated rings. The first-order chi connectivity index (χ1) is 12.8. The summed E-state index contributed by atoms with van der Waals surface area (Å²) in [4.78, 5) is 9.82. The van der Waals surface area contributed by atoms with Gasteiger partial charge in [0, 0.05) is 13.1 Å². The van der Waals surface area contributed by atoms with E-state index in [1.54, 1.807) is 6.26 Å². The summed E-state index contributed by atoms with van der Waals surface area (Å²) in [5, 5.41) is 6.97. The Balaban J connectivity index is 0.00000261. The number of furan rings is 1. The normalized spacial score (nSPS) is 21.0. The first-order valence-corrected chi connectivity index (χ1v) is 10.2. The van der Waals surface area contributed by atoms with Crippen LogP contribution in [0.4, 0.5) is 0 Å². The molecule has 0 bridgehead atoms. The lowest BCUT2D eigenvalue weighted by molar-refractivity contribution is 0.218. The molecule has 0 saturated carbocycles. The zero-order valence-electron chi connectivity index (χ0n) is 16.8. The lowest BCUT2D eigenvalue weighted by Crippen LogP contribution is -2.42. The minimum absolute atomic E-state index is 0. The van der Waals surface area contributed by atoms with Crippen molar-refractivity contribution in [1.29, 1.82) is 0 Å². The molecule has 1 atom stereocenters. The van der Waals surface area contributed by atoms with E-state index in [0.29, 0.717) is 0 Å². The number of likely N-dealkylation sites (tertiary alicyclic amines) is 2. The van der Waals surface area contributed by atoms with E-state index in [1.165, 1.54) is 38.8 Å². The summed E-state index contributed by atoms with van der Waals surface area (Å²) in [5.41, 5.74) is 0. The van der Waals surface area contributed by atoms with Crippen LogP contribution in [0, 0.1) is 5.92 Å². The number of piperidine rings is 1. The van der Waals surface area contributed by atoms with Crippen LogP contribution in [0.5, 0.6) is 0 Å². The Hall–Kier alpha value is -0.800. The van der Waals surface area contributed by atoms with E-state index in [1.807, 2.05) is 6.07 Å². The molecule has 27 heavy (non-hydrogen) atoms. The fraction of sp³-hybridized carbons (Fsp3) is 0.750. The highest BCUT2D eigenvalue weighted by molar-refractivity contribution is 14.0. The van der Waals surface area contributed by atoms with Crippen molar-refractivity contribution in [2.75, 3.05) is 52.9 Å². The zero-order chi connectivity index (χ0) is 18.2. The van der Waals surface area contributed by atoms with Crippen LogP contribution in [0.25, 0.3) is 0 Å². The molecular formula is C20H36IN5O. The number of halogens is 1. The molecule has 1 aromatic rings. The van der Waals surface area contributed by atoms with Crippen molar-refractivity contribution in [3.8, 4) is 0 Å². The van der Waals surface area contributed by atoms with Crippen LogP contribution in [0.3, 0.4) is 0 Å². The predicted molar refractivity (Wildman–Crippen MR) is 122 cm³/mol. The van der Waals surface area contributed by atoms with Crippen LogP contribution in [0.2, 0.25) is 0 Å². The van der Waals surface area contributed by atoms with Crippen LogP contribution in [0.15, 0.2) is 27.8 Å². The van der Waals surface area contributed by atoms with Crippen molar-refractivity contribution in [3.05, 3.63) is 24.2 Å². The second kappa shape index (κ2) is 11.9. The van der Waals surface area contributed by atoms with Crippen LogP contribution < -0.4 is 10.6 Å². The fourth-order valence-electron chi connectivity index (χ4n) is 3.95.